The molecule has 0 fully saturated rings. The second-order valence-corrected chi connectivity index (χ2v) is 11.9. The molecule has 0 saturated carbocycles. The third kappa shape index (κ3) is 9.27. The highest BCUT2D eigenvalue weighted by Gasteiger charge is 2.30. The number of halogens is 2. The van der Waals surface area contributed by atoms with Crippen LogP contribution in [0.3, 0.4) is 0 Å². The lowest BCUT2D eigenvalue weighted by molar-refractivity contribution is -0.142. The number of amides is 2. The zero-order chi connectivity index (χ0) is 31.5. The number of sulfonamides is 1. The van der Waals surface area contributed by atoms with Crippen LogP contribution in [0.5, 0.6) is 5.75 Å². The van der Waals surface area contributed by atoms with Crippen LogP contribution in [0.2, 0.25) is 5.02 Å². The molecule has 0 bridgehead atoms. The Morgan fingerprint density at radius 1 is 0.886 bits per heavy atom. The van der Waals surface area contributed by atoms with Crippen molar-refractivity contribution in [1.82, 2.24) is 10.2 Å². The third-order valence-corrected chi connectivity index (χ3v) is 8.19. The van der Waals surface area contributed by atoms with Gasteiger partial charge in [-0.2, -0.15) is 0 Å². The highest BCUT2D eigenvalue weighted by Crippen LogP contribution is 2.21. The molecular weight excluding hydrogens is 609 g/mol. The summed E-state index contributed by atoms with van der Waals surface area (Å²) < 4.78 is 46.8. The van der Waals surface area contributed by atoms with Crippen LogP contribution in [0, 0.1) is 5.82 Å². The van der Waals surface area contributed by atoms with Gasteiger partial charge in [0.05, 0.1) is 11.5 Å². The van der Waals surface area contributed by atoms with Gasteiger partial charge >= 0.3 is 0 Å². The Morgan fingerprint density at radius 2 is 1.55 bits per heavy atom. The molecule has 0 aromatic heterocycles. The first kappa shape index (κ1) is 32.5. The van der Waals surface area contributed by atoms with Crippen molar-refractivity contribution in [3.63, 3.8) is 0 Å². The first-order valence-corrected chi connectivity index (χ1v) is 15.5. The number of carbonyl (C=O) groups excluding carboxylic acids is 2. The molecule has 0 aliphatic heterocycles. The van der Waals surface area contributed by atoms with Crippen molar-refractivity contribution >= 4 is 39.1 Å². The molecule has 2 amide bonds. The smallest absolute Gasteiger partial charge is 0.261 e. The van der Waals surface area contributed by atoms with Crippen LogP contribution in [-0.2, 0) is 32.6 Å². The molecule has 0 aliphatic rings. The standard InChI is InChI=1S/C32H31ClFN3O6S/c33-25-8-6-24(7-9-25)21-37(30(32(40)35-18-19-38)20-23-4-2-1-3-5-23)31(39)22-43-28-14-16-29(17-15-28)44(41,42)36-27-12-10-26(34)11-13-27/h1-17,30,36,38H,18-22H2,(H,35,40). The summed E-state index contributed by atoms with van der Waals surface area (Å²) in [5.74, 6) is -1.19. The van der Waals surface area contributed by atoms with E-state index < -0.39 is 40.3 Å². The van der Waals surface area contributed by atoms with Crippen molar-refractivity contribution in [2.45, 2.75) is 23.9 Å². The largest absolute Gasteiger partial charge is 0.484 e. The van der Waals surface area contributed by atoms with Crippen LogP contribution in [0.25, 0.3) is 0 Å². The van der Waals surface area contributed by atoms with Gasteiger partial charge in [-0.3, -0.25) is 14.3 Å². The summed E-state index contributed by atoms with van der Waals surface area (Å²) in [7, 11) is -3.96. The molecule has 0 aliphatic carbocycles. The van der Waals surface area contributed by atoms with E-state index in [0.717, 1.165) is 23.3 Å². The summed E-state index contributed by atoms with van der Waals surface area (Å²) in [6.07, 6.45) is 0.213. The van der Waals surface area contributed by atoms with Crippen LogP contribution in [0.4, 0.5) is 10.1 Å². The zero-order valence-corrected chi connectivity index (χ0v) is 25.1. The molecule has 44 heavy (non-hydrogen) atoms. The topological polar surface area (TPSA) is 125 Å². The Bertz CT molecular complexity index is 1640. The highest BCUT2D eigenvalue weighted by atomic mass is 35.5. The Labute approximate surface area is 260 Å². The first-order chi connectivity index (χ1) is 21.1. The number of aliphatic hydroxyl groups is 1. The van der Waals surface area contributed by atoms with Gasteiger partial charge in [0.1, 0.15) is 17.6 Å². The van der Waals surface area contributed by atoms with E-state index in [0.29, 0.717) is 5.02 Å². The number of hydrogen-bond donors (Lipinski definition) is 3. The maximum Gasteiger partial charge on any atom is 0.261 e. The van der Waals surface area contributed by atoms with Crippen molar-refractivity contribution in [2.24, 2.45) is 0 Å². The second-order valence-electron chi connectivity index (χ2n) is 9.74. The number of anilines is 1. The number of aliphatic hydroxyl groups excluding tert-OH is 1. The Morgan fingerprint density at radius 3 is 2.18 bits per heavy atom. The molecule has 4 aromatic rings. The SMILES string of the molecule is O=C(NCCO)C(Cc1ccccc1)N(Cc1ccc(Cl)cc1)C(=O)COc1ccc(S(=O)(=O)Nc2ccc(F)cc2)cc1. The van der Waals surface area contributed by atoms with Gasteiger partial charge in [-0.15, -0.1) is 0 Å². The number of rotatable bonds is 14. The molecule has 12 heteroatoms. The molecule has 0 radical (unpaired) electrons. The second kappa shape index (κ2) is 15.3. The summed E-state index contributed by atoms with van der Waals surface area (Å²) in [6, 6.07) is 25.6. The average molecular weight is 640 g/mol. The van der Waals surface area contributed by atoms with E-state index in [1.165, 1.54) is 41.3 Å². The fourth-order valence-corrected chi connectivity index (χ4v) is 5.50. The van der Waals surface area contributed by atoms with Gasteiger partial charge in [0.2, 0.25) is 5.91 Å². The van der Waals surface area contributed by atoms with E-state index in [1.807, 2.05) is 30.3 Å². The van der Waals surface area contributed by atoms with E-state index in [-0.39, 0.29) is 42.4 Å². The van der Waals surface area contributed by atoms with E-state index in [2.05, 4.69) is 10.0 Å². The van der Waals surface area contributed by atoms with Crippen LogP contribution < -0.4 is 14.8 Å². The first-order valence-electron chi connectivity index (χ1n) is 13.6. The van der Waals surface area contributed by atoms with Gasteiger partial charge < -0.3 is 20.1 Å². The maximum atomic E-state index is 13.7. The van der Waals surface area contributed by atoms with Crippen molar-refractivity contribution in [2.75, 3.05) is 24.5 Å². The molecule has 1 atom stereocenters. The van der Waals surface area contributed by atoms with Crippen molar-refractivity contribution in [1.29, 1.82) is 0 Å². The molecule has 0 heterocycles. The maximum absolute atomic E-state index is 13.7. The van der Waals surface area contributed by atoms with Crippen molar-refractivity contribution < 1.29 is 32.2 Å². The highest BCUT2D eigenvalue weighted by molar-refractivity contribution is 7.92. The van der Waals surface area contributed by atoms with E-state index in [4.69, 9.17) is 16.3 Å². The van der Waals surface area contributed by atoms with Crippen LogP contribution in [0.1, 0.15) is 11.1 Å². The number of carbonyl (C=O) groups is 2. The summed E-state index contributed by atoms with van der Waals surface area (Å²) in [6.45, 7) is -0.597. The molecule has 4 rings (SSSR count). The fraction of sp³-hybridized carbons (Fsp3) is 0.188. The van der Waals surface area contributed by atoms with E-state index in [1.54, 1.807) is 24.3 Å². The number of nitrogens with one attached hydrogen (secondary N) is 2. The zero-order valence-electron chi connectivity index (χ0n) is 23.5. The summed E-state index contributed by atoms with van der Waals surface area (Å²) in [4.78, 5) is 28.3. The molecule has 9 nitrogen and oxygen atoms in total. The van der Waals surface area contributed by atoms with Crippen LogP contribution >= 0.6 is 11.6 Å². The monoisotopic (exact) mass is 639 g/mol. The van der Waals surface area contributed by atoms with Gasteiger partial charge in [-0.05, 0) is 71.8 Å². The molecule has 4 aromatic carbocycles. The lowest BCUT2D eigenvalue weighted by Crippen LogP contribution is -2.52. The van der Waals surface area contributed by atoms with Gasteiger partial charge in [0.25, 0.3) is 15.9 Å². The van der Waals surface area contributed by atoms with E-state index in [9.17, 15) is 27.5 Å². The minimum atomic E-state index is -3.96. The molecule has 3 N–H and O–H groups in total. The lowest BCUT2D eigenvalue weighted by Gasteiger charge is -2.31. The molecule has 230 valence electrons. The Hall–Kier alpha value is -4.45. The average Bonchev–Trinajstić information content (AvgIpc) is 3.03. The van der Waals surface area contributed by atoms with Gasteiger partial charge in [-0.25, -0.2) is 12.8 Å². The summed E-state index contributed by atoms with van der Waals surface area (Å²) in [5.41, 5.74) is 1.77. The Kier molecular flexibility index (Phi) is 11.3. The minimum absolute atomic E-state index is 0.0227. The predicted octanol–water partition coefficient (Wildman–Crippen LogP) is 4.41. The minimum Gasteiger partial charge on any atom is -0.484 e. The quantitative estimate of drug-likeness (QED) is 0.188. The predicted molar refractivity (Wildman–Crippen MR) is 165 cm³/mol. The third-order valence-electron chi connectivity index (χ3n) is 6.54. The van der Waals surface area contributed by atoms with Crippen LogP contribution in [-0.4, -0.2) is 56.0 Å². The normalized spacial score (nSPS) is 11.8. The van der Waals surface area contributed by atoms with Gasteiger partial charge in [-0.1, -0.05) is 54.1 Å². The Balaban J connectivity index is 1.52. The van der Waals surface area contributed by atoms with Gasteiger partial charge in [0.15, 0.2) is 6.61 Å². The van der Waals surface area contributed by atoms with Crippen molar-refractivity contribution in [3.8, 4) is 5.75 Å². The van der Waals surface area contributed by atoms with Gasteiger partial charge in [0, 0.05) is 30.2 Å². The molecule has 1 unspecified atom stereocenters. The molecule has 0 spiro atoms. The fourth-order valence-electron chi connectivity index (χ4n) is 4.31. The van der Waals surface area contributed by atoms with Crippen molar-refractivity contribution in [3.05, 3.63) is 125 Å². The lowest BCUT2D eigenvalue weighted by atomic mass is 10.0. The number of hydrogen-bond acceptors (Lipinski definition) is 6. The summed E-state index contributed by atoms with van der Waals surface area (Å²) >= 11 is 6.05. The molecular formula is C32H31ClFN3O6S. The number of nitrogens with zero attached hydrogens (tertiary/aromatic N) is 1. The van der Waals surface area contributed by atoms with Crippen LogP contribution in [0.15, 0.2) is 108 Å². The molecule has 0 saturated heterocycles. The number of benzene rings is 4. The number of ether oxygens (including phenoxy) is 1. The van der Waals surface area contributed by atoms with E-state index >= 15 is 0 Å². The summed E-state index contributed by atoms with van der Waals surface area (Å²) in [5, 5.41) is 12.5.